The number of nitrogen functional groups attached to an aromatic ring is 2. The first-order valence-electron chi connectivity index (χ1n) is 25.8. The number of carbonyl (C=O) groups excluding carboxylic acids is 2. The number of rotatable bonds is 17. The summed E-state index contributed by atoms with van der Waals surface area (Å²) >= 11 is 1.93. The summed E-state index contributed by atoms with van der Waals surface area (Å²) in [5.41, 5.74) is 24.1. The van der Waals surface area contributed by atoms with E-state index >= 15 is 0 Å². The first-order chi connectivity index (χ1) is 40.7. The van der Waals surface area contributed by atoms with Gasteiger partial charge in [-0.25, -0.2) is 27.5 Å². The second-order valence-corrected chi connectivity index (χ2v) is 22.5. The number of piperazine rings is 1. The van der Waals surface area contributed by atoms with Crippen LogP contribution in [0.1, 0.15) is 19.3 Å². The molecule has 12 rings (SSSR count). The van der Waals surface area contributed by atoms with Crippen molar-refractivity contribution in [1.29, 1.82) is 0 Å². The Morgan fingerprint density at radius 3 is 1.51 bits per heavy atom. The molecule has 8 N–H and O–H groups in total. The largest absolute Gasteiger partial charge is 0.481 e. The van der Waals surface area contributed by atoms with E-state index in [9.17, 15) is 45.2 Å². The number of piperidine rings is 1. The van der Waals surface area contributed by atoms with E-state index in [0.29, 0.717) is 100 Å². The number of ether oxygens (including phenoxy) is 2. The Morgan fingerprint density at radius 1 is 0.612 bits per heavy atom. The molecule has 0 unspecified atom stereocenters. The Balaban J connectivity index is 0.000000153. The van der Waals surface area contributed by atoms with Crippen LogP contribution in [-0.4, -0.2) is 145 Å². The highest BCUT2D eigenvalue weighted by Crippen LogP contribution is 2.32. The number of benzene rings is 2. The SMILES string of the molecule is CS(=O)(=O)OCCn1c(=O)sc2c1nc(N)n1nc(-c3ccco3)nc21.NC(=O)COc1cc(N2CCCCC2)c(F)cc1F.NC(=O)COc1cc(N2CCN(CCn3c(=O)sc4c3nc(N)n3nc(-c5ccco5)nc43)CC2)c(F)cc1F. The van der Waals surface area contributed by atoms with Crippen LogP contribution in [0.5, 0.6) is 11.5 Å². The fourth-order valence-corrected chi connectivity index (χ4v) is 11.4. The molecule has 2 saturated heterocycles. The lowest BCUT2D eigenvalue weighted by atomic mass is 10.1. The number of aromatic nitrogens is 10. The third-order valence-electron chi connectivity index (χ3n) is 13.1. The van der Waals surface area contributed by atoms with Gasteiger partial charge < -0.3 is 51.0 Å². The summed E-state index contributed by atoms with van der Waals surface area (Å²) in [6.45, 7) is 3.29. The molecule has 2 amide bonds. The predicted octanol–water partition coefficient (Wildman–Crippen LogP) is 3.45. The smallest absolute Gasteiger partial charge is 0.309 e. The average Bonchev–Trinajstić information content (AvgIpc) is 1.86. The fourth-order valence-electron chi connectivity index (χ4n) is 9.18. The van der Waals surface area contributed by atoms with E-state index < -0.39 is 58.4 Å². The molecule has 0 saturated carbocycles. The van der Waals surface area contributed by atoms with Crippen LogP contribution in [0, 0.1) is 23.3 Å². The van der Waals surface area contributed by atoms with Crippen molar-refractivity contribution in [2.45, 2.75) is 32.4 Å². The van der Waals surface area contributed by atoms with E-state index in [1.807, 2.05) is 4.90 Å². The van der Waals surface area contributed by atoms with Crippen LogP contribution in [0.4, 0.5) is 40.8 Å². The zero-order valence-corrected chi connectivity index (χ0v) is 47.2. The molecule has 28 nitrogen and oxygen atoms in total. The standard InChI is InChI=1S/C24H23F2N9O4S.C13H16F2N2O2.C13H12N6O5S2/c25-13-10-14(26)17(39-12-18(27)36)11-15(13)33-6-3-32(4-7-33)5-8-34-21-19(40-24(34)37)22-29-20(16-2-1-9-38-16)31-35(22)23(28)30-21;14-9-6-10(15)12(19-8-13(16)18)7-11(9)17-4-2-1-3-5-17;1-26(21,22)24-6-4-18-10-8(25-13(18)20)11-15-9(7-3-2-5-23-7)17-19(11)12(14)16-10/h1-2,9-11H,3-8,12H2,(H2,27,36)(H2,28,30);6-7H,1-5,8H2,(H2,16,18);2-3,5H,4,6H2,1H3,(H2,14,16). The van der Waals surface area contributed by atoms with Gasteiger partial charge in [0.1, 0.15) is 21.0 Å². The molecule has 8 aromatic heterocycles. The van der Waals surface area contributed by atoms with Gasteiger partial charge in [-0.15, -0.1) is 10.2 Å². The molecule has 2 fully saturated rings. The van der Waals surface area contributed by atoms with E-state index in [1.165, 1.54) is 38.3 Å². The van der Waals surface area contributed by atoms with E-state index in [0.717, 1.165) is 73.4 Å². The molecule has 0 radical (unpaired) electrons. The third kappa shape index (κ3) is 13.3. The number of carbonyl (C=O) groups is 2. The summed E-state index contributed by atoms with van der Waals surface area (Å²) in [6.07, 6.45) is 7.02. The number of primary amides is 2. The van der Waals surface area contributed by atoms with Crippen molar-refractivity contribution < 1.29 is 58.1 Å². The number of thiazole rings is 2. The minimum Gasteiger partial charge on any atom is -0.481 e. The van der Waals surface area contributed by atoms with Gasteiger partial charge in [-0.05, 0) is 43.5 Å². The van der Waals surface area contributed by atoms with Crippen LogP contribution >= 0.6 is 22.7 Å². The molecule has 448 valence electrons. The van der Waals surface area contributed by atoms with E-state index in [4.69, 9.17) is 41.2 Å². The highest BCUT2D eigenvalue weighted by molar-refractivity contribution is 7.86. The Morgan fingerprint density at radius 2 is 1.07 bits per heavy atom. The number of amides is 2. The summed E-state index contributed by atoms with van der Waals surface area (Å²) < 4.78 is 110. The highest BCUT2D eigenvalue weighted by atomic mass is 32.2. The average molecular weight is 1240 g/mol. The van der Waals surface area contributed by atoms with Gasteiger partial charge in [0.25, 0.3) is 21.9 Å². The van der Waals surface area contributed by atoms with Gasteiger partial charge in [-0.3, -0.25) is 37.4 Å². The van der Waals surface area contributed by atoms with Crippen molar-refractivity contribution in [2.75, 3.05) is 93.2 Å². The van der Waals surface area contributed by atoms with E-state index in [2.05, 4.69) is 39.2 Å². The van der Waals surface area contributed by atoms with Gasteiger partial charge >= 0.3 is 9.75 Å². The molecular weight excluding hydrogens is 1190 g/mol. The number of hydrogen-bond acceptors (Lipinski definition) is 24. The molecule has 10 aromatic rings. The van der Waals surface area contributed by atoms with Crippen LogP contribution in [0.25, 0.3) is 55.2 Å². The van der Waals surface area contributed by atoms with Crippen LogP contribution < -0.4 is 52.0 Å². The van der Waals surface area contributed by atoms with E-state index in [1.54, 1.807) is 33.7 Å². The number of fused-ring (bicyclic) bond motifs is 6. The minimum absolute atomic E-state index is 0.00763. The summed E-state index contributed by atoms with van der Waals surface area (Å²) in [5, 5.41) is 8.61. The van der Waals surface area contributed by atoms with Crippen LogP contribution in [0.2, 0.25) is 0 Å². The maximum atomic E-state index is 14.5. The number of furan rings is 2. The first kappa shape index (κ1) is 59.0. The molecule has 35 heteroatoms. The lowest BCUT2D eigenvalue weighted by molar-refractivity contribution is -0.120. The lowest BCUT2D eigenvalue weighted by Gasteiger charge is -2.36. The van der Waals surface area contributed by atoms with Gasteiger partial charge in [0.15, 0.2) is 70.5 Å². The number of hydrogen-bond donors (Lipinski definition) is 4. The molecule has 0 bridgehead atoms. The molecule has 2 aromatic carbocycles. The Hall–Kier alpha value is -9.19. The number of nitrogens with zero attached hydrogens (tertiary/aromatic N) is 13. The van der Waals surface area contributed by atoms with Crippen molar-refractivity contribution in [2.24, 2.45) is 11.5 Å². The number of halogens is 4. The number of nitrogens with two attached hydrogens (primary N) is 4. The van der Waals surface area contributed by atoms with Gasteiger partial charge in [0.2, 0.25) is 23.5 Å². The van der Waals surface area contributed by atoms with Gasteiger partial charge in [0.05, 0.1) is 43.3 Å². The van der Waals surface area contributed by atoms with Gasteiger partial charge in [0, 0.05) is 76.6 Å². The Kier molecular flexibility index (Phi) is 17.3. The van der Waals surface area contributed by atoms with Gasteiger partial charge in [-0.1, -0.05) is 22.7 Å². The second-order valence-electron chi connectivity index (χ2n) is 19.0. The zero-order valence-electron chi connectivity index (χ0n) is 44.7. The molecular formula is C50H51F4N17O11S3. The van der Waals surface area contributed by atoms with Crippen molar-refractivity contribution >= 4 is 99.9 Å². The third-order valence-corrected chi connectivity index (χ3v) is 15.6. The summed E-state index contributed by atoms with van der Waals surface area (Å²) in [4.78, 5) is 69.6. The van der Waals surface area contributed by atoms with Crippen LogP contribution in [-0.2, 0) is 37.0 Å². The molecule has 10 heterocycles. The van der Waals surface area contributed by atoms with Crippen molar-refractivity contribution in [3.05, 3.63) is 104 Å². The molecule has 2 aliphatic heterocycles. The quantitative estimate of drug-likeness (QED) is 0.0749. The molecule has 85 heavy (non-hydrogen) atoms. The second kappa shape index (κ2) is 24.9. The zero-order chi connectivity index (χ0) is 60.3. The summed E-state index contributed by atoms with van der Waals surface area (Å²) in [6, 6.07) is 10.9. The minimum atomic E-state index is -3.60. The monoisotopic (exact) mass is 1240 g/mol. The molecule has 0 aliphatic carbocycles. The number of anilines is 4. The molecule has 2 aliphatic rings. The van der Waals surface area contributed by atoms with Crippen LogP contribution in [0.15, 0.2) is 79.5 Å². The lowest BCUT2D eigenvalue weighted by Crippen LogP contribution is -2.47. The van der Waals surface area contributed by atoms with Crippen LogP contribution in [0.3, 0.4) is 0 Å². The normalized spacial score (nSPS) is 14.0. The Bertz CT molecular complexity index is 4330. The maximum Gasteiger partial charge on any atom is 0.309 e. The first-order valence-corrected chi connectivity index (χ1v) is 29.2. The topological polar surface area (TPSA) is 366 Å². The molecule has 0 atom stereocenters. The highest BCUT2D eigenvalue weighted by Gasteiger charge is 2.26. The van der Waals surface area contributed by atoms with E-state index in [-0.39, 0.29) is 52.0 Å². The van der Waals surface area contributed by atoms with Gasteiger partial charge in [-0.2, -0.15) is 27.4 Å². The predicted molar refractivity (Wildman–Crippen MR) is 303 cm³/mol. The Labute approximate surface area is 484 Å². The fraction of sp³-hybridized carbons (Fsp3) is 0.320. The summed E-state index contributed by atoms with van der Waals surface area (Å²) in [5.74, 6) is -3.27. The maximum absolute atomic E-state index is 14.5. The molecule has 0 spiro atoms. The summed E-state index contributed by atoms with van der Waals surface area (Å²) in [7, 11) is -3.60. The van der Waals surface area contributed by atoms with Crippen molar-refractivity contribution in [1.82, 2.24) is 53.2 Å². The van der Waals surface area contributed by atoms with Crippen molar-refractivity contribution in [3.63, 3.8) is 0 Å². The van der Waals surface area contributed by atoms with Crippen molar-refractivity contribution in [3.8, 4) is 34.7 Å².